The van der Waals surface area contributed by atoms with Gasteiger partial charge in [0.05, 0.1) is 17.1 Å². The van der Waals surface area contributed by atoms with Crippen LogP contribution in [0.2, 0.25) is 0 Å². The minimum atomic E-state index is -3.72. The molecule has 150 valence electrons. The van der Waals surface area contributed by atoms with Crippen LogP contribution in [-0.2, 0) is 23.1 Å². The summed E-state index contributed by atoms with van der Waals surface area (Å²) < 4.78 is 27.9. The van der Waals surface area contributed by atoms with E-state index in [0.29, 0.717) is 17.1 Å². The predicted octanol–water partition coefficient (Wildman–Crippen LogP) is 1.56. The Morgan fingerprint density at radius 3 is 2.24 bits per heavy atom. The molecule has 5 N–H and O–H groups in total. The fourth-order valence-corrected chi connectivity index (χ4v) is 4.23. The van der Waals surface area contributed by atoms with Crippen molar-refractivity contribution in [3.63, 3.8) is 0 Å². The van der Waals surface area contributed by atoms with Crippen LogP contribution in [0.3, 0.4) is 0 Å². The van der Waals surface area contributed by atoms with E-state index in [9.17, 15) is 8.42 Å². The topological polar surface area (TPSA) is 127 Å². The summed E-state index contributed by atoms with van der Waals surface area (Å²) in [7, 11) is -3.72. The molecule has 3 aromatic rings. The lowest BCUT2D eigenvalue weighted by Crippen LogP contribution is -2.32. The Morgan fingerprint density at radius 1 is 0.966 bits per heavy atom. The van der Waals surface area contributed by atoms with E-state index in [4.69, 9.17) is 11.7 Å². The van der Waals surface area contributed by atoms with Crippen molar-refractivity contribution in [3.8, 4) is 0 Å². The number of hydrogen-bond acceptors (Lipinski definition) is 6. The molecule has 0 fully saturated rings. The summed E-state index contributed by atoms with van der Waals surface area (Å²) in [6.07, 6.45) is 1.64. The number of nitrogens with zero attached hydrogens (tertiary/aromatic N) is 3. The Labute approximate surface area is 169 Å². The Balaban J connectivity index is 1.91. The largest absolute Gasteiger partial charge is 0.321 e. The third kappa shape index (κ3) is 4.96. The van der Waals surface area contributed by atoms with Crippen molar-refractivity contribution in [2.45, 2.75) is 18.0 Å². The van der Waals surface area contributed by atoms with Crippen LogP contribution < -0.4 is 17.1 Å². The van der Waals surface area contributed by atoms with Crippen LogP contribution in [0.5, 0.6) is 0 Å². The maximum atomic E-state index is 13.2. The lowest BCUT2D eigenvalue weighted by atomic mass is 10.1. The average molecular weight is 411 g/mol. The van der Waals surface area contributed by atoms with Gasteiger partial charge >= 0.3 is 0 Å². The summed E-state index contributed by atoms with van der Waals surface area (Å²) in [6.45, 7) is 0.332. The highest BCUT2D eigenvalue weighted by Gasteiger charge is 2.25. The van der Waals surface area contributed by atoms with Crippen molar-refractivity contribution in [3.05, 3.63) is 95.8 Å². The molecule has 0 radical (unpaired) electrons. The molecular weight excluding hydrogens is 388 g/mol. The fraction of sp³-hybridized carbons (Fsp3) is 0.100. The first-order chi connectivity index (χ1) is 14.0. The van der Waals surface area contributed by atoms with E-state index >= 15 is 0 Å². The van der Waals surface area contributed by atoms with Gasteiger partial charge in [0.2, 0.25) is 10.0 Å². The molecule has 0 unspecified atom stereocenters. The minimum absolute atomic E-state index is 0.152. The van der Waals surface area contributed by atoms with Crippen molar-refractivity contribution in [2.75, 3.05) is 0 Å². The zero-order valence-electron chi connectivity index (χ0n) is 15.6. The first-order valence-corrected chi connectivity index (χ1v) is 10.3. The molecule has 29 heavy (non-hydrogen) atoms. The van der Waals surface area contributed by atoms with Crippen LogP contribution in [0.25, 0.3) is 0 Å². The number of amidine groups is 1. The van der Waals surface area contributed by atoms with Gasteiger partial charge in [-0.05, 0) is 29.8 Å². The third-order valence-electron chi connectivity index (χ3n) is 4.30. The van der Waals surface area contributed by atoms with Crippen LogP contribution in [-0.4, -0.2) is 23.5 Å². The number of rotatable bonds is 7. The van der Waals surface area contributed by atoms with Crippen LogP contribution in [0.1, 0.15) is 16.8 Å². The van der Waals surface area contributed by atoms with E-state index in [0.717, 1.165) is 5.56 Å². The molecule has 8 nitrogen and oxygen atoms in total. The van der Waals surface area contributed by atoms with Crippen molar-refractivity contribution in [1.29, 1.82) is 0 Å². The van der Waals surface area contributed by atoms with Gasteiger partial charge in [-0.15, -0.1) is 0 Å². The zero-order chi connectivity index (χ0) is 20.7. The number of benzene rings is 2. The quantitative estimate of drug-likeness (QED) is 0.235. The number of hydrogen-bond donors (Lipinski definition) is 3. The van der Waals surface area contributed by atoms with Crippen LogP contribution in [0.4, 0.5) is 0 Å². The summed E-state index contributed by atoms with van der Waals surface area (Å²) in [5, 5.41) is 3.57. The summed E-state index contributed by atoms with van der Waals surface area (Å²) in [5.41, 5.74) is 4.58. The SMILES string of the molecule is N/N=C(\NN)c1ccc(CN(Cc2ccccn2)S(=O)(=O)c2ccccc2)cc1. The number of sulfonamides is 1. The smallest absolute Gasteiger partial charge is 0.243 e. The monoisotopic (exact) mass is 410 g/mol. The van der Waals surface area contributed by atoms with E-state index in [2.05, 4.69) is 15.5 Å². The van der Waals surface area contributed by atoms with Crippen molar-refractivity contribution in [1.82, 2.24) is 14.7 Å². The molecule has 0 spiro atoms. The number of hydrazone groups is 1. The lowest BCUT2D eigenvalue weighted by Gasteiger charge is -2.22. The van der Waals surface area contributed by atoms with Gasteiger partial charge in [0.15, 0.2) is 5.84 Å². The highest BCUT2D eigenvalue weighted by Crippen LogP contribution is 2.20. The summed E-state index contributed by atoms with van der Waals surface area (Å²) in [5.74, 6) is 11.0. The molecule has 1 aromatic heterocycles. The number of hydrazine groups is 1. The highest BCUT2D eigenvalue weighted by molar-refractivity contribution is 7.89. The molecule has 1 heterocycles. The molecule has 0 aliphatic rings. The van der Waals surface area contributed by atoms with Gasteiger partial charge in [0.25, 0.3) is 0 Å². The fourth-order valence-electron chi connectivity index (χ4n) is 2.81. The van der Waals surface area contributed by atoms with Gasteiger partial charge in [-0.2, -0.15) is 9.41 Å². The van der Waals surface area contributed by atoms with Crippen molar-refractivity contribution >= 4 is 15.9 Å². The first kappa shape index (κ1) is 20.5. The van der Waals surface area contributed by atoms with Crippen molar-refractivity contribution in [2.24, 2.45) is 16.8 Å². The van der Waals surface area contributed by atoms with Gasteiger partial charge in [0, 0.05) is 18.3 Å². The molecule has 0 amide bonds. The number of pyridine rings is 1. The molecule has 0 saturated heterocycles. The van der Waals surface area contributed by atoms with Gasteiger partial charge in [0.1, 0.15) is 0 Å². The maximum Gasteiger partial charge on any atom is 0.243 e. The van der Waals surface area contributed by atoms with E-state index < -0.39 is 10.0 Å². The van der Waals surface area contributed by atoms with E-state index in [-0.39, 0.29) is 18.0 Å². The molecule has 0 bridgehead atoms. The third-order valence-corrected chi connectivity index (χ3v) is 6.10. The van der Waals surface area contributed by atoms with E-state index in [1.54, 1.807) is 60.8 Å². The standard InChI is InChI=1S/C20H22N6O2S/c21-24-20(25-22)17-11-9-16(10-12-17)14-26(15-18-6-4-5-13-23-18)29(27,28)19-7-2-1-3-8-19/h1-13H,14-15,21-22H2,(H,24,25). The second-order valence-corrected chi connectivity index (χ2v) is 8.16. The minimum Gasteiger partial charge on any atom is -0.321 e. The molecular formula is C20H22N6O2S. The lowest BCUT2D eigenvalue weighted by molar-refractivity contribution is 0.397. The Kier molecular flexibility index (Phi) is 6.55. The predicted molar refractivity (Wildman–Crippen MR) is 112 cm³/mol. The molecule has 9 heteroatoms. The van der Waals surface area contributed by atoms with Crippen LogP contribution in [0, 0.1) is 0 Å². The zero-order valence-corrected chi connectivity index (χ0v) is 16.5. The number of nitrogens with two attached hydrogens (primary N) is 2. The molecule has 3 rings (SSSR count). The Bertz CT molecular complexity index is 1060. The molecule has 0 saturated carbocycles. The maximum absolute atomic E-state index is 13.2. The normalized spacial score (nSPS) is 12.1. The summed E-state index contributed by atoms with van der Waals surface area (Å²) in [6, 6.07) is 20.9. The molecule has 0 atom stereocenters. The van der Waals surface area contributed by atoms with Gasteiger partial charge in [-0.3, -0.25) is 4.98 Å². The number of aromatic nitrogens is 1. The second-order valence-electron chi connectivity index (χ2n) is 6.23. The highest BCUT2D eigenvalue weighted by atomic mass is 32.2. The molecule has 2 aromatic carbocycles. The molecule has 0 aliphatic heterocycles. The van der Waals surface area contributed by atoms with E-state index in [1.165, 1.54) is 4.31 Å². The summed E-state index contributed by atoms with van der Waals surface area (Å²) >= 11 is 0. The van der Waals surface area contributed by atoms with Crippen molar-refractivity contribution < 1.29 is 8.42 Å². The van der Waals surface area contributed by atoms with Gasteiger partial charge in [-0.1, -0.05) is 48.5 Å². The van der Waals surface area contributed by atoms with Crippen LogP contribution in [0.15, 0.2) is 89.0 Å². The average Bonchev–Trinajstić information content (AvgIpc) is 2.76. The summed E-state index contributed by atoms with van der Waals surface area (Å²) in [4.78, 5) is 4.50. The second kappa shape index (κ2) is 9.28. The van der Waals surface area contributed by atoms with Gasteiger partial charge < -0.3 is 11.3 Å². The Morgan fingerprint density at radius 2 is 1.66 bits per heavy atom. The Hall–Kier alpha value is -3.27. The molecule has 0 aliphatic carbocycles. The van der Waals surface area contributed by atoms with Crippen LogP contribution >= 0.6 is 0 Å². The van der Waals surface area contributed by atoms with E-state index in [1.807, 2.05) is 18.2 Å². The number of nitrogens with one attached hydrogen (secondary N) is 1. The van der Waals surface area contributed by atoms with Gasteiger partial charge in [-0.25, -0.2) is 14.3 Å². The first-order valence-electron chi connectivity index (χ1n) is 8.83.